The van der Waals surface area contributed by atoms with Gasteiger partial charge < -0.3 is 15.0 Å². The zero-order valence-corrected chi connectivity index (χ0v) is 14.5. The van der Waals surface area contributed by atoms with Gasteiger partial charge in [-0.3, -0.25) is 4.79 Å². The summed E-state index contributed by atoms with van der Waals surface area (Å²) in [6, 6.07) is 14.0. The zero-order chi connectivity index (χ0) is 17.6. The summed E-state index contributed by atoms with van der Waals surface area (Å²) in [6.45, 7) is 2.68. The number of methoxy groups -OCH3 is 1. The number of hydrogen-bond donors (Lipinski definition) is 2. The Labute approximate surface area is 147 Å². The van der Waals surface area contributed by atoms with E-state index in [1.54, 1.807) is 13.2 Å². The van der Waals surface area contributed by atoms with Crippen molar-refractivity contribution in [3.63, 3.8) is 0 Å². The van der Waals surface area contributed by atoms with E-state index in [1.165, 1.54) is 22.6 Å². The summed E-state index contributed by atoms with van der Waals surface area (Å²) in [5, 5.41) is 4.15. The average molecular weight is 334 g/mol. The van der Waals surface area contributed by atoms with Crippen molar-refractivity contribution in [1.29, 1.82) is 0 Å². The van der Waals surface area contributed by atoms with Gasteiger partial charge in [0.25, 0.3) is 0 Å². The predicted octanol–water partition coefficient (Wildman–Crippen LogP) is 3.86. The molecule has 0 spiro atoms. The lowest BCUT2D eigenvalue weighted by Crippen LogP contribution is -2.23. The molecule has 0 aliphatic heterocycles. The fourth-order valence-electron chi connectivity index (χ4n) is 2.85. The highest BCUT2D eigenvalue weighted by atomic mass is 16.5. The number of carbonyl (C=O) groups is 1. The summed E-state index contributed by atoms with van der Waals surface area (Å²) < 4.78 is 5.27. The number of benzene rings is 2. The monoisotopic (exact) mass is 334 g/mol. The van der Waals surface area contributed by atoms with Crippen molar-refractivity contribution >= 4 is 22.9 Å². The Balaban J connectivity index is 1.57. The van der Waals surface area contributed by atoms with Gasteiger partial charge in [-0.15, -0.1) is 0 Å². The summed E-state index contributed by atoms with van der Waals surface area (Å²) in [7, 11) is 1.62. The second-order valence-corrected chi connectivity index (χ2v) is 5.98. The van der Waals surface area contributed by atoms with E-state index in [4.69, 9.17) is 4.74 Å². The SMILES string of the molecule is COc1ccccc1/C=C/C(=O)NCCc1c[nH]c2ccc(C)cc12. The number of rotatable bonds is 6. The molecule has 3 aromatic rings. The van der Waals surface area contributed by atoms with Gasteiger partial charge in [0.2, 0.25) is 5.91 Å². The Hall–Kier alpha value is -3.01. The molecule has 1 amide bonds. The molecule has 0 aliphatic carbocycles. The van der Waals surface area contributed by atoms with E-state index >= 15 is 0 Å². The summed E-state index contributed by atoms with van der Waals surface area (Å²) in [4.78, 5) is 15.3. The third-order valence-electron chi connectivity index (χ3n) is 4.17. The minimum absolute atomic E-state index is 0.109. The maximum absolute atomic E-state index is 12.0. The number of para-hydroxylation sites is 1. The molecule has 128 valence electrons. The number of amides is 1. The molecule has 0 fully saturated rings. The summed E-state index contributed by atoms with van der Waals surface area (Å²) in [5.41, 5.74) is 4.46. The molecule has 1 heterocycles. The van der Waals surface area contributed by atoms with Crippen molar-refractivity contribution in [3.05, 3.63) is 71.4 Å². The fourth-order valence-corrected chi connectivity index (χ4v) is 2.85. The van der Waals surface area contributed by atoms with Gasteiger partial charge in [0.1, 0.15) is 5.75 Å². The highest BCUT2D eigenvalue weighted by molar-refractivity contribution is 5.92. The smallest absolute Gasteiger partial charge is 0.244 e. The molecular weight excluding hydrogens is 312 g/mol. The molecule has 0 saturated carbocycles. The Morgan fingerprint density at radius 1 is 1.24 bits per heavy atom. The van der Waals surface area contributed by atoms with Gasteiger partial charge in [-0.1, -0.05) is 29.8 Å². The molecule has 2 aromatic carbocycles. The quantitative estimate of drug-likeness (QED) is 0.673. The van der Waals surface area contributed by atoms with Crippen LogP contribution in [-0.4, -0.2) is 24.5 Å². The molecule has 1 aromatic heterocycles. The van der Waals surface area contributed by atoms with Crippen molar-refractivity contribution in [3.8, 4) is 5.75 Å². The van der Waals surface area contributed by atoms with Gasteiger partial charge in [0, 0.05) is 35.3 Å². The second kappa shape index (κ2) is 7.71. The second-order valence-electron chi connectivity index (χ2n) is 5.98. The van der Waals surface area contributed by atoms with Gasteiger partial charge in [-0.2, -0.15) is 0 Å². The van der Waals surface area contributed by atoms with E-state index in [-0.39, 0.29) is 5.91 Å². The van der Waals surface area contributed by atoms with Crippen LogP contribution in [0.2, 0.25) is 0 Å². The van der Waals surface area contributed by atoms with E-state index < -0.39 is 0 Å². The topological polar surface area (TPSA) is 54.1 Å². The van der Waals surface area contributed by atoms with Crippen molar-refractivity contribution in [2.75, 3.05) is 13.7 Å². The first-order valence-electron chi connectivity index (χ1n) is 8.33. The number of ether oxygens (including phenoxy) is 1. The van der Waals surface area contributed by atoms with Gasteiger partial charge in [-0.05, 0) is 43.2 Å². The van der Waals surface area contributed by atoms with Crippen LogP contribution in [0.3, 0.4) is 0 Å². The van der Waals surface area contributed by atoms with Crippen LogP contribution < -0.4 is 10.1 Å². The normalized spacial score (nSPS) is 11.1. The van der Waals surface area contributed by atoms with Crippen LogP contribution in [0.4, 0.5) is 0 Å². The maximum atomic E-state index is 12.0. The molecule has 3 rings (SSSR count). The van der Waals surface area contributed by atoms with E-state index in [2.05, 4.69) is 35.4 Å². The largest absolute Gasteiger partial charge is 0.496 e. The van der Waals surface area contributed by atoms with Crippen molar-refractivity contribution in [2.24, 2.45) is 0 Å². The first-order valence-corrected chi connectivity index (χ1v) is 8.33. The predicted molar refractivity (Wildman–Crippen MR) is 102 cm³/mol. The number of aromatic amines is 1. The van der Waals surface area contributed by atoms with Crippen LogP contribution >= 0.6 is 0 Å². The van der Waals surface area contributed by atoms with Crippen LogP contribution in [0.25, 0.3) is 17.0 Å². The van der Waals surface area contributed by atoms with Crippen LogP contribution in [0.1, 0.15) is 16.7 Å². The molecule has 0 radical (unpaired) electrons. The van der Waals surface area contributed by atoms with E-state index in [0.29, 0.717) is 6.54 Å². The lowest BCUT2D eigenvalue weighted by molar-refractivity contribution is -0.116. The van der Waals surface area contributed by atoms with Crippen molar-refractivity contribution < 1.29 is 9.53 Å². The van der Waals surface area contributed by atoms with Crippen LogP contribution in [0.5, 0.6) is 5.75 Å². The van der Waals surface area contributed by atoms with Crippen LogP contribution in [0, 0.1) is 6.92 Å². The third kappa shape index (κ3) is 4.10. The lowest BCUT2D eigenvalue weighted by Gasteiger charge is -2.04. The molecule has 2 N–H and O–H groups in total. The number of fused-ring (bicyclic) bond motifs is 1. The molecule has 4 heteroatoms. The number of aryl methyl sites for hydroxylation is 1. The minimum Gasteiger partial charge on any atom is -0.496 e. The van der Waals surface area contributed by atoms with Gasteiger partial charge >= 0.3 is 0 Å². The molecule has 25 heavy (non-hydrogen) atoms. The number of H-pyrrole nitrogens is 1. The lowest BCUT2D eigenvalue weighted by atomic mass is 10.1. The Morgan fingerprint density at radius 3 is 2.92 bits per heavy atom. The van der Waals surface area contributed by atoms with Crippen LogP contribution in [0.15, 0.2) is 54.7 Å². The summed E-state index contributed by atoms with van der Waals surface area (Å²) >= 11 is 0. The Kier molecular flexibility index (Phi) is 5.19. The standard InChI is InChI=1S/C21H22N2O2/c1-15-7-9-19-18(13-15)17(14-23-19)11-12-22-21(24)10-8-16-5-3-4-6-20(16)25-2/h3-10,13-14,23H,11-12H2,1-2H3,(H,22,24)/b10-8+. The van der Waals surface area contributed by atoms with Gasteiger partial charge in [-0.25, -0.2) is 0 Å². The highest BCUT2D eigenvalue weighted by Crippen LogP contribution is 2.20. The first kappa shape index (κ1) is 16.8. The average Bonchev–Trinajstić information content (AvgIpc) is 3.02. The van der Waals surface area contributed by atoms with Gasteiger partial charge in [0.15, 0.2) is 0 Å². The molecule has 0 aliphatic rings. The molecular formula is C21H22N2O2. The van der Waals surface area contributed by atoms with Crippen molar-refractivity contribution in [2.45, 2.75) is 13.3 Å². The van der Waals surface area contributed by atoms with Crippen LogP contribution in [-0.2, 0) is 11.2 Å². The summed E-state index contributed by atoms with van der Waals surface area (Å²) in [5.74, 6) is 0.641. The van der Waals surface area contributed by atoms with E-state index in [1.807, 2.05) is 30.5 Å². The fraction of sp³-hybridized carbons (Fsp3) is 0.190. The maximum Gasteiger partial charge on any atom is 0.244 e. The summed E-state index contributed by atoms with van der Waals surface area (Å²) in [6.07, 6.45) is 6.11. The molecule has 0 bridgehead atoms. The van der Waals surface area contributed by atoms with E-state index in [0.717, 1.165) is 23.3 Å². The number of nitrogens with one attached hydrogen (secondary N) is 2. The molecule has 4 nitrogen and oxygen atoms in total. The first-order chi connectivity index (χ1) is 12.2. The highest BCUT2D eigenvalue weighted by Gasteiger charge is 2.04. The number of aromatic nitrogens is 1. The van der Waals surface area contributed by atoms with E-state index in [9.17, 15) is 4.79 Å². The number of carbonyl (C=O) groups excluding carboxylic acids is 1. The Morgan fingerprint density at radius 2 is 2.08 bits per heavy atom. The zero-order valence-electron chi connectivity index (χ0n) is 14.5. The molecule has 0 unspecified atom stereocenters. The minimum atomic E-state index is -0.109. The molecule has 0 atom stereocenters. The van der Waals surface area contributed by atoms with Crippen molar-refractivity contribution in [1.82, 2.24) is 10.3 Å². The van der Waals surface area contributed by atoms with Gasteiger partial charge in [0.05, 0.1) is 7.11 Å². The number of hydrogen-bond acceptors (Lipinski definition) is 2. The molecule has 0 saturated heterocycles. The third-order valence-corrected chi connectivity index (χ3v) is 4.17. The Bertz CT molecular complexity index is 909.